The summed E-state index contributed by atoms with van der Waals surface area (Å²) in [5.74, 6) is 1.03. The lowest BCUT2D eigenvalue weighted by Crippen LogP contribution is -2.38. The van der Waals surface area contributed by atoms with Gasteiger partial charge >= 0.3 is 0 Å². The van der Waals surface area contributed by atoms with Gasteiger partial charge < -0.3 is 10.5 Å². The molecule has 0 fully saturated rings. The third kappa shape index (κ3) is 5.29. The van der Waals surface area contributed by atoms with Gasteiger partial charge in [0.2, 0.25) is 0 Å². The van der Waals surface area contributed by atoms with Gasteiger partial charge in [0.05, 0.1) is 7.11 Å². The van der Waals surface area contributed by atoms with Gasteiger partial charge in [0, 0.05) is 25.7 Å². The average molecular weight is 296 g/mol. The molecule has 0 amide bonds. The SMILES string of the molecule is COc1ccc(C(CN)N(CC(C)C)CC(C)C)cc1F. The summed E-state index contributed by atoms with van der Waals surface area (Å²) in [6.45, 7) is 11.1. The smallest absolute Gasteiger partial charge is 0.165 e. The summed E-state index contributed by atoms with van der Waals surface area (Å²) in [5.41, 5.74) is 6.90. The summed E-state index contributed by atoms with van der Waals surface area (Å²) in [7, 11) is 1.47. The molecule has 0 aliphatic heterocycles. The molecule has 120 valence electrons. The number of ether oxygens (including phenoxy) is 1. The van der Waals surface area contributed by atoms with Crippen LogP contribution in [0.2, 0.25) is 0 Å². The Morgan fingerprint density at radius 2 is 1.71 bits per heavy atom. The predicted octanol–water partition coefficient (Wildman–Crippen LogP) is 3.45. The number of nitrogens with zero attached hydrogens (tertiary/aromatic N) is 1. The normalized spacial score (nSPS) is 13.2. The van der Waals surface area contributed by atoms with Crippen molar-refractivity contribution >= 4 is 0 Å². The van der Waals surface area contributed by atoms with Crippen LogP contribution in [0, 0.1) is 17.7 Å². The summed E-state index contributed by atoms with van der Waals surface area (Å²) < 4.78 is 18.9. The number of nitrogens with two attached hydrogens (primary N) is 1. The number of rotatable bonds is 8. The second-order valence-corrected chi connectivity index (χ2v) is 6.39. The maximum atomic E-state index is 14.0. The van der Waals surface area contributed by atoms with Crippen molar-refractivity contribution in [2.45, 2.75) is 33.7 Å². The Kier molecular flexibility index (Phi) is 7.12. The molecule has 1 atom stereocenters. The first-order valence-corrected chi connectivity index (χ1v) is 7.66. The van der Waals surface area contributed by atoms with Crippen molar-refractivity contribution in [3.05, 3.63) is 29.6 Å². The van der Waals surface area contributed by atoms with E-state index in [0.717, 1.165) is 18.7 Å². The second kappa shape index (κ2) is 8.35. The lowest BCUT2D eigenvalue weighted by Gasteiger charge is -2.34. The van der Waals surface area contributed by atoms with E-state index < -0.39 is 0 Å². The van der Waals surface area contributed by atoms with Gasteiger partial charge in [0.25, 0.3) is 0 Å². The number of benzene rings is 1. The molecule has 0 heterocycles. The largest absolute Gasteiger partial charge is 0.494 e. The monoisotopic (exact) mass is 296 g/mol. The lowest BCUT2D eigenvalue weighted by atomic mass is 10.0. The van der Waals surface area contributed by atoms with Gasteiger partial charge in [-0.3, -0.25) is 4.90 Å². The van der Waals surface area contributed by atoms with E-state index in [4.69, 9.17) is 10.5 Å². The molecule has 1 unspecified atom stereocenters. The highest BCUT2D eigenvalue weighted by Crippen LogP contribution is 2.26. The Morgan fingerprint density at radius 3 is 2.10 bits per heavy atom. The molecule has 2 N–H and O–H groups in total. The maximum Gasteiger partial charge on any atom is 0.165 e. The minimum atomic E-state index is -0.331. The van der Waals surface area contributed by atoms with E-state index in [1.54, 1.807) is 12.1 Å². The van der Waals surface area contributed by atoms with E-state index in [2.05, 4.69) is 32.6 Å². The summed E-state index contributed by atoms with van der Waals surface area (Å²) in [6.07, 6.45) is 0. The van der Waals surface area contributed by atoms with Crippen molar-refractivity contribution in [2.75, 3.05) is 26.7 Å². The van der Waals surface area contributed by atoms with E-state index in [9.17, 15) is 4.39 Å². The van der Waals surface area contributed by atoms with Crippen LogP contribution in [0.4, 0.5) is 4.39 Å². The number of halogens is 1. The number of hydrogen-bond acceptors (Lipinski definition) is 3. The summed E-state index contributed by atoms with van der Waals surface area (Å²) in [4.78, 5) is 2.36. The van der Waals surface area contributed by atoms with E-state index >= 15 is 0 Å². The Labute approximate surface area is 128 Å². The molecule has 0 radical (unpaired) electrons. The van der Waals surface area contributed by atoms with Gasteiger partial charge in [0.15, 0.2) is 11.6 Å². The molecule has 0 aromatic heterocycles. The molecule has 4 heteroatoms. The first-order chi connectivity index (χ1) is 9.88. The fourth-order valence-corrected chi connectivity index (χ4v) is 2.65. The Bertz CT molecular complexity index is 425. The molecular weight excluding hydrogens is 267 g/mol. The number of hydrogen-bond donors (Lipinski definition) is 1. The molecule has 1 aromatic rings. The van der Waals surface area contributed by atoms with Crippen LogP contribution < -0.4 is 10.5 Å². The van der Waals surface area contributed by atoms with Crippen molar-refractivity contribution in [3.63, 3.8) is 0 Å². The molecule has 0 spiro atoms. The van der Waals surface area contributed by atoms with Crippen molar-refractivity contribution in [3.8, 4) is 5.75 Å². The maximum absolute atomic E-state index is 14.0. The van der Waals surface area contributed by atoms with Gasteiger partial charge in [-0.15, -0.1) is 0 Å². The highest BCUT2D eigenvalue weighted by atomic mass is 19.1. The molecule has 21 heavy (non-hydrogen) atoms. The first kappa shape index (κ1) is 17.9. The van der Waals surface area contributed by atoms with Crippen molar-refractivity contribution < 1.29 is 9.13 Å². The van der Waals surface area contributed by atoms with Crippen LogP contribution in [0.3, 0.4) is 0 Å². The zero-order chi connectivity index (χ0) is 16.0. The summed E-state index contributed by atoms with van der Waals surface area (Å²) in [5, 5.41) is 0. The standard InChI is InChI=1S/C17H29FN2O/c1-12(2)10-20(11-13(3)4)16(9-19)14-6-7-17(21-5)15(18)8-14/h6-8,12-13,16H,9-11,19H2,1-5H3. The summed E-state index contributed by atoms with van der Waals surface area (Å²) >= 11 is 0. The fraction of sp³-hybridized carbons (Fsp3) is 0.647. The highest BCUT2D eigenvalue weighted by Gasteiger charge is 2.22. The minimum absolute atomic E-state index is 0.0372. The van der Waals surface area contributed by atoms with Gasteiger partial charge in [-0.2, -0.15) is 0 Å². The van der Waals surface area contributed by atoms with E-state index in [1.807, 2.05) is 6.07 Å². The Hall–Kier alpha value is -1.13. The molecule has 0 saturated heterocycles. The number of methoxy groups -OCH3 is 1. The predicted molar refractivity (Wildman–Crippen MR) is 86.0 cm³/mol. The quantitative estimate of drug-likeness (QED) is 0.798. The Balaban J connectivity index is 3.03. The van der Waals surface area contributed by atoms with E-state index in [1.165, 1.54) is 7.11 Å². The topological polar surface area (TPSA) is 38.5 Å². The average Bonchev–Trinajstić information content (AvgIpc) is 2.38. The zero-order valence-corrected chi connectivity index (χ0v) is 13.9. The van der Waals surface area contributed by atoms with Crippen LogP contribution in [0.25, 0.3) is 0 Å². The van der Waals surface area contributed by atoms with Gasteiger partial charge in [0.1, 0.15) is 0 Å². The molecule has 0 aliphatic carbocycles. The second-order valence-electron chi connectivity index (χ2n) is 6.39. The van der Waals surface area contributed by atoms with Gasteiger partial charge in [-0.05, 0) is 29.5 Å². The van der Waals surface area contributed by atoms with Crippen molar-refractivity contribution in [1.29, 1.82) is 0 Å². The van der Waals surface area contributed by atoms with Crippen LogP contribution in [0.5, 0.6) is 5.75 Å². The fourth-order valence-electron chi connectivity index (χ4n) is 2.65. The van der Waals surface area contributed by atoms with E-state index in [-0.39, 0.29) is 17.6 Å². The van der Waals surface area contributed by atoms with Crippen LogP contribution in [-0.4, -0.2) is 31.6 Å². The van der Waals surface area contributed by atoms with Crippen LogP contribution >= 0.6 is 0 Å². The van der Waals surface area contributed by atoms with E-state index in [0.29, 0.717) is 18.4 Å². The van der Waals surface area contributed by atoms with Crippen LogP contribution in [-0.2, 0) is 0 Å². The third-order valence-corrected chi connectivity index (χ3v) is 3.42. The third-order valence-electron chi connectivity index (χ3n) is 3.42. The highest BCUT2D eigenvalue weighted by molar-refractivity contribution is 5.31. The van der Waals surface area contributed by atoms with Crippen molar-refractivity contribution in [1.82, 2.24) is 4.90 Å². The van der Waals surface area contributed by atoms with Crippen LogP contribution in [0.15, 0.2) is 18.2 Å². The molecular formula is C17H29FN2O. The zero-order valence-electron chi connectivity index (χ0n) is 13.9. The molecule has 0 bridgehead atoms. The lowest BCUT2D eigenvalue weighted by molar-refractivity contribution is 0.160. The van der Waals surface area contributed by atoms with Gasteiger partial charge in [-0.25, -0.2) is 4.39 Å². The van der Waals surface area contributed by atoms with Gasteiger partial charge in [-0.1, -0.05) is 33.8 Å². The first-order valence-electron chi connectivity index (χ1n) is 7.66. The van der Waals surface area contributed by atoms with Crippen molar-refractivity contribution in [2.24, 2.45) is 17.6 Å². The molecule has 0 aliphatic rings. The van der Waals surface area contributed by atoms with Crippen LogP contribution in [0.1, 0.15) is 39.3 Å². The molecule has 1 aromatic carbocycles. The molecule has 1 rings (SSSR count). The molecule has 3 nitrogen and oxygen atoms in total. The minimum Gasteiger partial charge on any atom is -0.494 e. The Morgan fingerprint density at radius 1 is 1.14 bits per heavy atom. The molecule has 0 saturated carbocycles. The summed E-state index contributed by atoms with van der Waals surface area (Å²) in [6, 6.07) is 5.17.